The highest BCUT2D eigenvalue weighted by molar-refractivity contribution is 8.01. The maximum Gasteiger partial charge on any atom is 0.315 e. The third-order valence-corrected chi connectivity index (χ3v) is 3.61. The van der Waals surface area contributed by atoms with E-state index in [-0.39, 0.29) is 22.9 Å². The van der Waals surface area contributed by atoms with Gasteiger partial charge >= 0.3 is 5.97 Å². The van der Waals surface area contributed by atoms with Crippen LogP contribution in [0.4, 0.5) is 5.69 Å². The second-order valence-corrected chi connectivity index (χ2v) is 5.52. The van der Waals surface area contributed by atoms with Crippen LogP contribution < -0.4 is 5.32 Å². The summed E-state index contributed by atoms with van der Waals surface area (Å²) < 4.78 is 4.80. The molecule has 0 aliphatic carbocycles. The largest absolute Gasteiger partial charge is 0.465 e. The lowest BCUT2D eigenvalue weighted by Gasteiger charge is -2.11. The number of rotatable bonds is 6. The molecule has 0 bridgehead atoms. The smallest absolute Gasteiger partial charge is 0.315 e. The van der Waals surface area contributed by atoms with Crippen molar-refractivity contribution in [2.45, 2.75) is 19.1 Å². The van der Waals surface area contributed by atoms with Crippen molar-refractivity contribution >= 4 is 40.9 Å². The van der Waals surface area contributed by atoms with Crippen molar-refractivity contribution < 1.29 is 14.3 Å². The number of thioether (sulfide) groups is 1. The lowest BCUT2D eigenvalue weighted by Crippen LogP contribution is -2.24. The van der Waals surface area contributed by atoms with Gasteiger partial charge in [0.2, 0.25) is 5.91 Å². The van der Waals surface area contributed by atoms with E-state index in [1.807, 2.05) is 0 Å². The summed E-state index contributed by atoms with van der Waals surface area (Å²) >= 11 is 7.00. The molecule has 1 aromatic carbocycles. The van der Waals surface area contributed by atoms with E-state index >= 15 is 0 Å². The molecule has 0 heterocycles. The van der Waals surface area contributed by atoms with Crippen LogP contribution in [-0.2, 0) is 14.3 Å². The molecule has 4 nitrogen and oxygen atoms in total. The Bertz CT molecular complexity index is 436. The molecule has 104 valence electrons. The van der Waals surface area contributed by atoms with Gasteiger partial charge in [-0.25, -0.2) is 0 Å². The van der Waals surface area contributed by atoms with Gasteiger partial charge in [0.25, 0.3) is 0 Å². The summed E-state index contributed by atoms with van der Waals surface area (Å²) in [6.45, 7) is 3.85. The molecule has 0 radical (unpaired) electrons. The Labute approximate surface area is 121 Å². The third kappa shape index (κ3) is 5.98. The van der Waals surface area contributed by atoms with E-state index in [1.54, 1.807) is 38.1 Å². The fourth-order valence-corrected chi connectivity index (χ4v) is 2.05. The third-order valence-electron chi connectivity index (χ3n) is 2.24. The molecule has 1 aromatic rings. The molecular weight excluding hydrogens is 286 g/mol. The summed E-state index contributed by atoms with van der Waals surface area (Å²) in [6.07, 6.45) is 0. The van der Waals surface area contributed by atoms with E-state index in [0.717, 1.165) is 0 Å². The van der Waals surface area contributed by atoms with Crippen LogP contribution in [0.3, 0.4) is 0 Å². The van der Waals surface area contributed by atoms with Crippen molar-refractivity contribution in [3.05, 3.63) is 29.3 Å². The first-order chi connectivity index (χ1) is 9.02. The fourth-order valence-electron chi connectivity index (χ4n) is 1.25. The SMILES string of the molecule is CCOC(=O)CSC(C)C(=O)Nc1ccc(Cl)cc1. The number of hydrogen-bond acceptors (Lipinski definition) is 4. The molecule has 6 heteroatoms. The normalized spacial score (nSPS) is 11.7. The lowest BCUT2D eigenvalue weighted by molar-refractivity contribution is -0.139. The summed E-state index contributed by atoms with van der Waals surface area (Å²) in [4.78, 5) is 23.0. The predicted octanol–water partition coefficient (Wildman–Crippen LogP) is 2.96. The minimum absolute atomic E-state index is 0.156. The van der Waals surface area contributed by atoms with Crippen LogP contribution in [0, 0.1) is 0 Å². The zero-order valence-corrected chi connectivity index (χ0v) is 12.4. The average molecular weight is 302 g/mol. The minimum atomic E-state index is -0.333. The Balaban J connectivity index is 2.40. The minimum Gasteiger partial charge on any atom is -0.465 e. The second-order valence-electron chi connectivity index (χ2n) is 3.75. The van der Waals surface area contributed by atoms with Gasteiger partial charge in [0, 0.05) is 10.7 Å². The van der Waals surface area contributed by atoms with Gasteiger partial charge < -0.3 is 10.1 Å². The molecule has 0 aromatic heterocycles. The van der Waals surface area contributed by atoms with E-state index in [4.69, 9.17) is 16.3 Å². The van der Waals surface area contributed by atoms with Crippen molar-refractivity contribution in [1.29, 1.82) is 0 Å². The maximum absolute atomic E-state index is 11.9. The molecule has 0 spiro atoms. The van der Waals surface area contributed by atoms with Gasteiger partial charge in [0.05, 0.1) is 17.6 Å². The number of hydrogen-bond donors (Lipinski definition) is 1. The lowest BCUT2D eigenvalue weighted by atomic mass is 10.3. The number of benzene rings is 1. The molecule has 1 unspecified atom stereocenters. The van der Waals surface area contributed by atoms with E-state index in [0.29, 0.717) is 17.3 Å². The fraction of sp³-hybridized carbons (Fsp3) is 0.385. The van der Waals surface area contributed by atoms with Gasteiger partial charge in [0.1, 0.15) is 0 Å². The van der Waals surface area contributed by atoms with E-state index < -0.39 is 0 Å². The summed E-state index contributed by atoms with van der Waals surface area (Å²) in [5.41, 5.74) is 0.679. The predicted molar refractivity (Wildman–Crippen MR) is 78.6 cm³/mol. The standard InChI is InChI=1S/C13H16ClNO3S/c1-3-18-12(16)8-19-9(2)13(17)15-11-6-4-10(14)5-7-11/h4-7,9H,3,8H2,1-2H3,(H,15,17). The number of esters is 1. The Morgan fingerprint density at radius 1 is 1.37 bits per heavy atom. The molecule has 0 saturated heterocycles. The van der Waals surface area contributed by atoms with Crippen LogP contribution in [0.1, 0.15) is 13.8 Å². The van der Waals surface area contributed by atoms with Crippen LogP contribution >= 0.6 is 23.4 Å². The first-order valence-electron chi connectivity index (χ1n) is 5.86. The van der Waals surface area contributed by atoms with Crippen LogP contribution in [0.5, 0.6) is 0 Å². The Morgan fingerprint density at radius 2 is 2.00 bits per heavy atom. The molecule has 0 fully saturated rings. The van der Waals surface area contributed by atoms with Crippen molar-refractivity contribution in [3.63, 3.8) is 0 Å². The summed E-state index contributed by atoms with van der Waals surface area (Å²) in [5, 5.41) is 3.03. The molecule has 0 aliphatic rings. The highest BCUT2D eigenvalue weighted by atomic mass is 35.5. The van der Waals surface area contributed by atoms with Crippen LogP contribution in [0.15, 0.2) is 24.3 Å². The maximum atomic E-state index is 11.9. The van der Waals surface area contributed by atoms with Gasteiger partial charge in [-0.1, -0.05) is 11.6 Å². The number of ether oxygens (including phenoxy) is 1. The average Bonchev–Trinajstić information content (AvgIpc) is 2.39. The van der Waals surface area contributed by atoms with Crippen molar-refractivity contribution in [1.82, 2.24) is 0 Å². The number of nitrogens with one attached hydrogen (secondary N) is 1. The summed E-state index contributed by atoms with van der Waals surface area (Å²) in [5.74, 6) is -0.293. The van der Waals surface area contributed by atoms with Gasteiger partial charge in [-0.2, -0.15) is 0 Å². The molecule has 0 aliphatic heterocycles. The van der Waals surface area contributed by atoms with Crippen molar-refractivity contribution in [2.75, 3.05) is 17.7 Å². The summed E-state index contributed by atoms with van der Waals surface area (Å²) in [7, 11) is 0. The molecule has 1 rings (SSSR count). The van der Waals surface area contributed by atoms with Gasteiger partial charge in [-0.05, 0) is 38.1 Å². The molecule has 19 heavy (non-hydrogen) atoms. The van der Waals surface area contributed by atoms with Crippen LogP contribution in [0.25, 0.3) is 0 Å². The molecule has 0 saturated carbocycles. The quantitative estimate of drug-likeness (QED) is 0.821. The Kier molecular flexibility index (Phi) is 6.73. The van der Waals surface area contributed by atoms with Crippen molar-refractivity contribution in [2.24, 2.45) is 0 Å². The van der Waals surface area contributed by atoms with E-state index in [9.17, 15) is 9.59 Å². The highest BCUT2D eigenvalue weighted by Gasteiger charge is 2.15. The Hall–Kier alpha value is -1.20. The Morgan fingerprint density at radius 3 is 2.58 bits per heavy atom. The van der Waals surface area contributed by atoms with Crippen molar-refractivity contribution in [3.8, 4) is 0 Å². The monoisotopic (exact) mass is 301 g/mol. The molecule has 1 atom stereocenters. The van der Waals surface area contributed by atoms with Crippen LogP contribution in [-0.4, -0.2) is 29.5 Å². The molecule has 1 N–H and O–H groups in total. The first-order valence-corrected chi connectivity index (χ1v) is 7.29. The van der Waals surface area contributed by atoms with E-state index in [2.05, 4.69) is 5.32 Å². The van der Waals surface area contributed by atoms with Gasteiger partial charge in [-0.3, -0.25) is 9.59 Å². The van der Waals surface area contributed by atoms with Gasteiger partial charge in [0.15, 0.2) is 0 Å². The molecular formula is C13H16ClNO3S. The highest BCUT2D eigenvalue weighted by Crippen LogP contribution is 2.16. The van der Waals surface area contributed by atoms with Gasteiger partial charge in [-0.15, -0.1) is 11.8 Å². The number of halogens is 1. The topological polar surface area (TPSA) is 55.4 Å². The number of amides is 1. The number of carbonyl (C=O) groups excluding carboxylic acids is 2. The van der Waals surface area contributed by atoms with E-state index in [1.165, 1.54) is 11.8 Å². The molecule has 1 amide bonds. The summed E-state index contributed by atoms with van der Waals surface area (Å²) in [6, 6.07) is 6.85. The second kappa shape index (κ2) is 8.07. The zero-order chi connectivity index (χ0) is 14.3. The van der Waals surface area contributed by atoms with Crippen LogP contribution in [0.2, 0.25) is 5.02 Å². The zero-order valence-electron chi connectivity index (χ0n) is 10.8. The number of carbonyl (C=O) groups is 2. The first kappa shape index (κ1) is 15.9. The number of anilines is 1.